The van der Waals surface area contributed by atoms with E-state index in [0.29, 0.717) is 17.6 Å². The molecular formula is C18H26N2O. The van der Waals surface area contributed by atoms with Crippen LogP contribution in [0, 0.1) is 22.7 Å². The molecule has 4 bridgehead atoms. The molecule has 4 fully saturated rings. The second kappa shape index (κ2) is 4.44. The number of nitrogens with zero attached hydrogens (tertiary/aromatic N) is 2. The Morgan fingerprint density at radius 3 is 2.62 bits per heavy atom. The number of rotatable bonds is 4. The Morgan fingerprint density at radius 2 is 2.05 bits per heavy atom. The van der Waals surface area contributed by atoms with E-state index in [1.54, 1.807) is 0 Å². The van der Waals surface area contributed by atoms with Gasteiger partial charge in [0.1, 0.15) is 5.78 Å². The van der Waals surface area contributed by atoms with Gasteiger partial charge in [0, 0.05) is 25.1 Å². The molecule has 3 nitrogen and oxygen atoms in total. The standard InChI is InChI=1S/C18H26N2O/c1-17-6-14-5-15(7-17)9-18(8-14,12-17)16(21)4-3-13-10-19-20(2)11-13/h10-11,14-15H,3-9,12H2,1-2H3. The maximum atomic E-state index is 13.0. The van der Waals surface area contributed by atoms with E-state index in [1.165, 1.54) is 44.1 Å². The second-order valence-electron chi connectivity index (χ2n) is 8.50. The van der Waals surface area contributed by atoms with Gasteiger partial charge in [-0.15, -0.1) is 0 Å². The molecule has 0 aromatic carbocycles. The summed E-state index contributed by atoms with van der Waals surface area (Å²) in [6, 6.07) is 0. The number of aryl methyl sites for hydroxylation is 2. The quantitative estimate of drug-likeness (QED) is 0.848. The zero-order chi connectivity index (χ0) is 14.7. The van der Waals surface area contributed by atoms with Crippen LogP contribution >= 0.6 is 0 Å². The summed E-state index contributed by atoms with van der Waals surface area (Å²) in [5, 5.41) is 4.20. The molecule has 1 aromatic heterocycles. The topological polar surface area (TPSA) is 34.9 Å². The van der Waals surface area contributed by atoms with Gasteiger partial charge in [-0.2, -0.15) is 5.10 Å². The van der Waals surface area contributed by atoms with E-state index in [1.807, 2.05) is 24.1 Å². The van der Waals surface area contributed by atoms with E-state index in [2.05, 4.69) is 12.0 Å². The number of carbonyl (C=O) groups excluding carboxylic acids is 1. The average Bonchev–Trinajstić information content (AvgIpc) is 2.79. The largest absolute Gasteiger partial charge is 0.299 e. The highest BCUT2D eigenvalue weighted by molar-refractivity contribution is 5.85. The minimum absolute atomic E-state index is 0.0427. The lowest BCUT2D eigenvalue weighted by molar-refractivity contribution is -0.153. The fourth-order valence-electron chi connectivity index (χ4n) is 6.17. The lowest BCUT2D eigenvalue weighted by Crippen LogP contribution is -2.54. The van der Waals surface area contributed by atoms with Crippen LogP contribution < -0.4 is 0 Å². The van der Waals surface area contributed by atoms with E-state index < -0.39 is 0 Å². The summed E-state index contributed by atoms with van der Waals surface area (Å²) in [4.78, 5) is 13.0. The minimum Gasteiger partial charge on any atom is -0.299 e. The molecule has 0 N–H and O–H groups in total. The van der Waals surface area contributed by atoms with Gasteiger partial charge in [-0.1, -0.05) is 6.92 Å². The van der Waals surface area contributed by atoms with Crippen molar-refractivity contribution in [3.05, 3.63) is 18.0 Å². The highest BCUT2D eigenvalue weighted by atomic mass is 16.1. The summed E-state index contributed by atoms with van der Waals surface area (Å²) in [7, 11) is 1.94. The molecule has 2 unspecified atom stereocenters. The van der Waals surface area contributed by atoms with Gasteiger partial charge in [0.25, 0.3) is 0 Å². The monoisotopic (exact) mass is 286 g/mol. The average molecular weight is 286 g/mol. The van der Waals surface area contributed by atoms with Gasteiger partial charge in [-0.25, -0.2) is 0 Å². The molecule has 5 rings (SSSR count). The van der Waals surface area contributed by atoms with Crippen LogP contribution in [0.4, 0.5) is 0 Å². The van der Waals surface area contributed by atoms with Crippen molar-refractivity contribution in [2.75, 3.05) is 0 Å². The van der Waals surface area contributed by atoms with Crippen molar-refractivity contribution in [2.45, 2.75) is 58.3 Å². The molecule has 0 saturated heterocycles. The molecule has 2 atom stereocenters. The van der Waals surface area contributed by atoms with Crippen LogP contribution in [0.5, 0.6) is 0 Å². The fourth-order valence-corrected chi connectivity index (χ4v) is 6.17. The van der Waals surface area contributed by atoms with Gasteiger partial charge in [0.15, 0.2) is 0 Å². The van der Waals surface area contributed by atoms with E-state index >= 15 is 0 Å². The molecule has 114 valence electrons. The summed E-state index contributed by atoms with van der Waals surface area (Å²) >= 11 is 0. The first kappa shape index (κ1) is 13.5. The molecule has 4 saturated carbocycles. The Labute approximate surface area is 127 Å². The van der Waals surface area contributed by atoms with Crippen molar-refractivity contribution in [1.82, 2.24) is 9.78 Å². The maximum absolute atomic E-state index is 13.0. The summed E-state index contributed by atoms with van der Waals surface area (Å²) < 4.78 is 1.82. The highest BCUT2D eigenvalue weighted by Gasteiger charge is 2.58. The number of ketones is 1. The zero-order valence-electron chi connectivity index (χ0n) is 13.3. The summed E-state index contributed by atoms with van der Waals surface area (Å²) in [6.45, 7) is 2.44. The maximum Gasteiger partial charge on any atom is 0.139 e. The SMILES string of the molecule is Cn1cc(CCC(=O)C23CC4CC(CC(C)(C4)C2)C3)cn1. The van der Waals surface area contributed by atoms with Crippen LogP contribution in [0.25, 0.3) is 0 Å². The molecule has 4 aliphatic carbocycles. The Balaban J connectivity index is 1.49. The molecule has 3 heteroatoms. The van der Waals surface area contributed by atoms with Gasteiger partial charge in [0.05, 0.1) is 6.20 Å². The third kappa shape index (κ3) is 2.25. The van der Waals surface area contributed by atoms with Crippen molar-refractivity contribution in [3.8, 4) is 0 Å². The smallest absolute Gasteiger partial charge is 0.139 e. The number of hydrogen-bond donors (Lipinski definition) is 0. The molecule has 1 heterocycles. The third-order valence-electron chi connectivity index (χ3n) is 6.34. The number of Topliss-reactive ketones (excluding diaryl/α,β-unsaturated/α-hetero) is 1. The van der Waals surface area contributed by atoms with Crippen LogP contribution in [0.1, 0.15) is 57.4 Å². The lowest BCUT2D eigenvalue weighted by Gasteiger charge is -2.60. The first-order valence-electron chi connectivity index (χ1n) is 8.47. The second-order valence-corrected chi connectivity index (χ2v) is 8.50. The minimum atomic E-state index is 0.0427. The normalized spacial score (nSPS) is 40.7. The van der Waals surface area contributed by atoms with E-state index in [-0.39, 0.29) is 5.41 Å². The van der Waals surface area contributed by atoms with E-state index in [0.717, 1.165) is 18.3 Å². The zero-order valence-corrected chi connectivity index (χ0v) is 13.3. The van der Waals surface area contributed by atoms with Crippen LogP contribution in [0.3, 0.4) is 0 Å². The van der Waals surface area contributed by atoms with Gasteiger partial charge < -0.3 is 0 Å². The van der Waals surface area contributed by atoms with E-state index in [9.17, 15) is 4.79 Å². The van der Waals surface area contributed by atoms with Gasteiger partial charge >= 0.3 is 0 Å². The van der Waals surface area contributed by atoms with Crippen LogP contribution in [0.15, 0.2) is 12.4 Å². The Hall–Kier alpha value is -1.12. The molecule has 4 aliphatic rings. The van der Waals surface area contributed by atoms with Gasteiger partial charge in [0.2, 0.25) is 0 Å². The third-order valence-corrected chi connectivity index (χ3v) is 6.34. The Kier molecular flexibility index (Phi) is 2.86. The predicted molar refractivity (Wildman–Crippen MR) is 81.8 cm³/mol. The Bertz CT molecular complexity index is 560. The summed E-state index contributed by atoms with van der Waals surface area (Å²) in [6.07, 6.45) is 13.2. The molecule has 21 heavy (non-hydrogen) atoms. The molecule has 1 aromatic rings. The predicted octanol–water partition coefficient (Wildman–Crippen LogP) is 3.53. The first-order valence-corrected chi connectivity index (χ1v) is 8.47. The summed E-state index contributed by atoms with van der Waals surface area (Å²) in [5.41, 5.74) is 1.71. The first-order chi connectivity index (χ1) is 9.96. The molecule has 0 spiro atoms. The molecule has 0 amide bonds. The van der Waals surface area contributed by atoms with E-state index in [4.69, 9.17) is 0 Å². The van der Waals surface area contributed by atoms with Crippen molar-refractivity contribution >= 4 is 5.78 Å². The fraction of sp³-hybridized carbons (Fsp3) is 0.778. The van der Waals surface area contributed by atoms with Crippen molar-refractivity contribution in [3.63, 3.8) is 0 Å². The van der Waals surface area contributed by atoms with Crippen molar-refractivity contribution < 1.29 is 4.79 Å². The highest BCUT2D eigenvalue weighted by Crippen LogP contribution is 2.65. The van der Waals surface area contributed by atoms with Crippen LogP contribution in [-0.2, 0) is 18.3 Å². The Morgan fingerprint density at radius 1 is 1.33 bits per heavy atom. The molecule has 0 radical (unpaired) electrons. The number of hydrogen-bond acceptors (Lipinski definition) is 2. The lowest BCUT2D eigenvalue weighted by atomic mass is 9.43. The summed E-state index contributed by atoms with van der Waals surface area (Å²) in [5.74, 6) is 2.21. The van der Waals surface area contributed by atoms with Crippen molar-refractivity contribution in [1.29, 1.82) is 0 Å². The van der Waals surface area contributed by atoms with Crippen LogP contribution in [0.2, 0.25) is 0 Å². The van der Waals surface area contributed by atoms with Gasteiger partial charge in [-0.05, 0) is 67.8 Å². The molecule has 0 aliphatic heterocycles. The number of aromatic nitrogens is 2. The van der Waals surface area contributed by atoms with Crippen LogP contribution in [-0.4, -0.2) is 15.6 Å². The van der Waals surface area contributed by atoms with Crippen molar-refractivity contribution in [2.24, 2.45) is 29.7 Å². The number of carbonyl (C=O) groups is 1. The molecular weight excluding hydrogens is 260 g/mol. The van der Waals surface area contributed by atoms with Gasteiger partial charge in [-0.3, -0.25) is 9.48 Å².